The van der Waals surface area contributed by atoms with Crippen LogP contribution in [0, 0.1) is 0 Å². The minimum atomic E-state index is -0.486. The Labute approximate surface area is 148 Å². The predicted octanol–water partition coefficient (Wildman–Crippen LogP) is 3.59. The van der Waals surface area contributed by atoms with Crippen molar-refractivity contribution in [1.82, 2.24) is 5.32 Å². The molecule has 0 bridgehead atoms. The molecule has 24 heavy (non-hydrogen) atoms. The number of nitrogens with one attached hydrogen (secondary N) is 2. The molecule has 3 rings (SSSR count). The Morgan fingerprint density at radius 1 is 1.17 bits per heavy atom. The summed E-state index contributed by atoms with van der Waals surface area (Å²) in [6.45, 7) is 0. The number of hydrogen-bond acceptors (Lipinski definition) is 4. The van der Waals surface area contributed by atoms with Crippen LogP contribution in [0.4, 0.5) is 11.4 Å². The van der Waals surface area contributed by atoms with Crippen molar-refractivity contribution < 1.29 is 9.59 Å². The second-order valence-electron chi connectivity index (χ2n) is 5.11. The van der Waals surface area contributed by atoms with Crippen LogP contribution in [0.15, 0.2) is 59.6 Å². The summed E-state index contributed by atoms with van der Waals surface area (Å²) in [5, 5.41) is 6.09. The lowest BCUT2D eigenvalue weighted by molar-refractivity contribution is -0.122. The van der Waals surface area contributed by atoms with Crippen molar-refractivity contribution in [3.8, 4) is 0 Å². The summed E-state index contributed by atoms with van der Waals surface area (Å²) in [7, 11) is 0. The Bertz CT molecular complexity index is 778. The zero-order valence-electron chi connectivity index (χ0n) is 12.5. The highest BCUT2D eigenvalue weighted by Gasteiger charge is 2.32. The number of aliphatic imine (C=N–C) groups is 1. The molecule has 0 radical (unpaired) electrons. The first-order valence-electron chi connectivity index (χ1n) is 7.27. The van der Waals surface area contributed by atoms with Gasteiger partial charge >= 0.3 is 0 Å². The largest absolute Gasteiger partial charge is 0.326 e. The van der Waals surface area contributed by atoms with Gasteiger partial charge < -0.3 is 10.6 Å². The molecule has 0 saturated carbocycles. The van der Waals surface area contributed by atoms with Gasteiger partial charge in [-0.05, 0) is 36.4 Å². The number of rotatable bonds is 4. The Kier molecular flexibility index (Phi) is 5.17. The number of hydrogen-bond donors (Lipinski definition) is 2. The summed E-state index contributed by atoms with van der Waals surface area (Å²) >= 11 is 7.08. The van der Waals surface area contributed by atoms with Gasteiger partial charge in [0.05, 0.1) is 5.69 Å². The number of anilines is 1. The summed E-state index contributed by atoms with van der Waals surface area (Å²) in [6.07, 6.45) is 0.0883. The van der Waals surface area contributed by atoms with Gasteiger partial charge in [0, 0.05) is 17.1 Å². The van der Waals surface area contributed by atoms with Crippen LogP contribution in [0.1, 0.15) is 6.42 Å². The molecule has 0 aromatic heterocycles. The smallest absolute Gasteiger partial charge is 0.240 e. The van der Waals surface area contributed by atoms with E-state index in [2.05, 4.69) is 15.6 Å². The van der Waals surface area contributed by atoms with E-state index >= 15 is 0 Å². The minimum absolute atomic E-state index is 0.0883. The molecule has 5 nitrogen and oxygen atoms in total. The van der Waals surface area contributed by atoms with E-state index in [-0.39, 0.29) is 18.2 Å². The average molecular weight is 360 g/mol. The van der Waals surface area contributed by atoms with Gasteiger partial charge in [-0.2, -0.15) is 0 Å². The zero-order chi connectivity index (χ0) is 16.9. The van der Waals surface area contributed by atoms with E-state index in [0.717, 1.165) is 0 Å². The first kappa shape index (κ1) is 16.5. The molecule has 2 aromatic rings. The maximum Gasteiger partial charge on any atom is 0.240 e. The molecule has 2 aromatic carbocycles. The van der Waals surface area contributed by atoms with Crippen LogP contribution >= 0.6 is 23.4 Å². The van der Waals surface area contributed by atoms with Gasteiger partial charge in [-0.15, -0.1) is 0 Å². The molecule has 1 fully saturated rings. The Balaban J connectivity index is 1.60. The van der Waals surface area contributed by atoms with Crippen LogP contribution in [-0.2, 0) is 9.59 Å². The van der Waals surface area contributed by atoms with Gasteiger partial charge in [0.2, 0.25) is 11.8 Å². The van der Waals surface area contributed by atoms with Crippen molar-refractivity contribution in [1.29, 1.82) is 0 Å². The third kappa shape index (κ3) is 4.37. The highest BCUT2D eigenvalue weighted by molar-refractivity contribution is 8.15. The number of amidine groups is 1. The molecule has 1 aliphatic rings. The van der Waals surface area contributed by atoms with E-state index in [1.807, 2.05) is 18.2 Å². The van der Waals surface area contributed by atoms with Crippen LogP contribution in [0.25, 0.3) is 0 Å². The molecule has 0 aliphatic carbocycles. The molecule has 2 N–H and O–H groups in total. The topological polar surface area (TPSA) is 70.6 Å². The van der Waals surface area contributed by atoms with E-state index in [4.69, 9.17) is 11.6 Å². The Morgan fingerprint density at radius 3 is 2.58 bits per heavy atom. The highest BCUT2D eigenvalue weighted by atomic mass is 35.5. The quantitative estimate of drug-likeness (QED) is 0.876. The third-order valence-corrected chi connectivity index (χ3v) is 4.60. The summed E-state index contributed by atoms with van der Waals surface area (Å²) in [4.78, 5) is 28.4. The lowest BCUT2D eigenvalue weighted by atomic mass is 10.2. The molecule has 0 spiro atoms. The predicted molar refractivity (Wildman–Crippen MR) is 97.8 cm³/mol. The lowest BCUT2D eigenvalue weighted by Crippen LogP contribution is -2.28. The van der Waals surface area contributed by atoms with E-state index in [0.29, 0.717) is 21.6 Å². The van der Waals surface area contributed by atoms with Gasteiger partial charge in [0.25, 0.3) is 0 Å². The monoisotopic (exact) mass is 359 g/mol. The van der Waals surface area contributed by atoms with E-state index in [1.54, 1.807) is 36.4 Å². The van der Waals surface area contributed by atoms with E-state index in [1.165, 1.54) is 11.8 Å². The fourth-order valence-electron chi connectivity index (χ4n) is 2.13. The third-order valence-electron chi connectivity index (χ3n) is 3.26. The first-order valence-corrected chi connectivity index (χ1v) is 8.52. The number of carbonyl (C=O) groups is 2. The van der Waals surface area contributed by atoms with Gasteiger partial charge in [0.1, 0.15) is 5.25 Å². The number of nitrogens with zero attached hydrogens (tertiary/aromatic N) is 1. The summed E-state index contributed by atoms with van der Waals surface area (Å²) in [5.74, 6) is -0.419. The molecule has 1 saturated heterocycles. The molecule has 1 atom stereocenters. The van der Waals surface area contributed by atoms with Gasteiger partial charge in [-0.3, -0.25) is 9.59 Å². The van der Waals surface area contributed by atoms with Crippen LogP contribution in [-0.4, -0.2) is 22.2 Å². The Hall–Kier alpha value is -2.31. The van der Waals surface area contributed by atoms with Crippen molar-refractivity contribution >= 4 is 51.7 Å². The average Bonchev–Trinajstić information content (AvgIpc) is 2.90. The van der Waals surface area contributed by atoms with Crippen LogP contribution < -0.4 is 10.6 Å². The lowest BCUT2D eigenvalue weighted by Gasteiger charge is -2.07. The van der Waals surface area contributed by atoms with Crippen molar-refractivity contribution in [2.24, 2.45) is 4.99 Å². The molecule has 1 unspecified atom stereocenters. The van der Waals surface area contributed by atoms with E-state index in [9.17, 15) is 9.59 Å². The van der Waals surface area contributed by atoms with Crippen LogP contribution in [0.5, 0.6) is 0 Å². The molecule has 7 heteroatoms. The van der Waals surface area contributed by atoms with Crippen molar-refractivity contribution in [2.75, 3.05) is 5.32 Å². The maximum absolute atomic E-state index is 12.1. The molecule has 2 amide bonds. The summed E-state index contributed by atoms with van der Waals surface area (Å²) in [5.41, 5.74) is 1.40. The summed E-state index contributed by atoms with van der Waals surface area (Å²) < 4.78 is 0. The zero-order valence-corrected chi connectivity index (χ0v) is 14.1. The second-order valence-corrected chi connectivity index (χ2v) is 6.74. The fraction of sp³-hybridized carbons (Fsp3) is 0.118. The number of benzene rings is 2. The van der Waals surface area contributed by atoms with Crippen LogP contribution in [0.2, 0.25) is 5.02 Å². The second kappa shape index (κ2) is 7.51. The number of halogens is 1. The standard InChI is InChI=1S/C17H14ClN3O2S/c18-11-6-8-13(9-7-11)20-17-21-16(23)14(24-17)10-15(22)19-12-4-2-1-3-5-12/h1-9,14H,10H2,(H,19,22)(H,20,21,23). The minimum Gasteiger partial charge on any atom is -0.326 e. The molecule has 1 aliphatic heterocycles. The van der Waals surface area contributed by atoms with Gasteiger partial charge in [-0.25, -0.2) is 4.99 Å². The number of thioether (sulfide) groups is 1. The van der Waals surface area contributed by atoms with Crippen molar-refractivity contribution in [3.05, 3.63) is 59.6 Å². The summed E-state index contributed by atoms with van der Waals surface area (Å²) in [6, 6.07) is 16.1. The number of amides is 2. The fourth-order valence-corrected chi connectivity index (χ4v) is 3.24. The molecule has 122 valence electrons. The highest BCUT2D eigenvalue weighted by Crippen LogP contribution is 2.26. The number of carbonyl (C=O) groups excluding carboxylic acids is 2. The Morgan fingerprint density at radius 2 is 1.88 bits per heavy atom. The molecular formula is C17H14ClN3O2S. The number of para-hydroxylation sites is 1. The normalized spacial score (nSPS) is 18.5. The van der Waals surface area contributed by atoms with Gasteiger partial charge in [-0.1, -0.05) is 41.6 Å². The van der Waals surface area contributed by atoms with Crippen molar-refractivity contribution in [3.63, 3.8) is 0 Å². The van der Waals surface area contributed by atoms with Crippen LogP contribution in [0.3, 0.4) is 0 Å². The van der Waals surface area contributed by atoms with Gasteiger partial charge in [0.15, 0.2) is 5.17 Å². The first-order chi connectivity index (χ1) is 11.6. The molecular weight excluding hydrogens is 346 g/mol. The SMILES string of the molecule is O=C(CC1SC(=Nc2ccc(Cl)cc2)NC1=O)Nc1ccccc1. The van der Waals surface area contributed by atoms with Crippen molar-refractivity contribution in [2.45, 2.75) is 11.7 Å². The maximum atomic E-state index is 12.1. The van der Waals surface area contributed by atoms with E-state index < -0.39 is 5.25 Å². The molecule has 1 heterocycles.